The zero-order valence-corrected chi connectivity index (χ0v) is 15.8. The number of carbonyl (C=O) groups excluding carboxylic acids is 1. The van der Waals surface area contributed by atoms with E-state index in [2.05, 4.69) is 0 Å². The maximum absolute atomic E-state index is 14.1. The maximum atomic E-state index is 14.1. The number of nitrogens with one attached hydrogen (secondary N) is 2. The maximum Gasteiger partial charge on any atom is 0.274 e. The van der Waals surface area contributed by atoms with Gasteiger partial charge in [-0.1, -0.05) is 19.9 Å². The Hall–Kier alpha value is -2.73. The average molecular weight is 438 g/mol. The highest BCUT2D eigenvalue weighted by molar-refractivity contribution is 7.91. The number of sulfonamides is 1. The molecule has 0 saturated carbocycles. The normalized spacial score (nSPS) is 11.6. The molecule has 3 N–H and O–H groups in total. The second-order valence-electron chi connectivity index (χ2n) is 6.31. The fourth-order valence-electron chi connectivity index (χ4n) is 2.51. The molecule has 0 radical (unpaired) electrons. The smallest absolute Gasteiger partial charge is 0.274 e. The Labute approximate surface area is 162 Å². The summed E-state index contributed by atoms with van der Waals surface area (Å²) in [7, 11) is -4.71. The van der Waals surface area contributed by atoms with Gasteiger partial charge in [-0.2, -0.15) is 0 Å². The van der Waals surface area contributed by atoms with Crippen molar-refractivity contribution in [1.82, 2.24) is 5.48 Å². The molecule has 1 amide bonds. The summed E-state index contributed by atoms with van der Waals surface area (Å²) in [6.45, 7) is 2.57. The number of hydrogen-bond donors (Lipinski definition) is 3. The number of anilines is 1. The average Bonchev–Trinajstić information content (AvgIpc) is 2.64. The van der Waals surface area contributed by atoms with Gasteiger partial charge in [0.05, 0.1) is 5.75 Å². The number of rotatable bonds is 6. The fourth-order valence-corrected chi connectivity index (χ4v) is 3.72. The van der Waals surface area contributed by atoms with Crippen LogP contribution in [0.15, 0.2) is 18.2 Å². The number of hydrogen-bond acceptors (Lipinski definition) is 4. The Morgan fingerprint density at radius 1 is 1.03 bits per heavy atom. The molecule has 0 fully saturated rings. The van der Waals surface area contributed by atoms with Gasteiger partial charge in [0.15, 0.2) is 23.3 Å². The molecule has 0 aliphatic heterocycles. The lowest BCUT2D eigenvalue weighted by atomic mass is 10.0. The molecular weight excluding hydrogens is 423 g/mol. The molecule has 0 heterocycles. The summed E-state index contributed by atoms with van der Waals surface area (Å²) in [5.41, 5.74) is -2.03. The minimum absolute atomic E-state index is 0.329. The van der Waals surface area contributed by atoms with Crippen LogP contribution in [0.3, 0.4) is 0 Å². The monoisotopic (exact) mass is 438 g/mol. The minimum atomic E-state index is -4.71. The molecule has 12 heteroatoms. The second kappa shape index (κ2) is 8.33. The number of carbonyl (C=O) groups is 1. The van der Waals surface area contributed by atoms with Crippen molar-refractivity contribution in [3.63, 3.8) is 0 Å². The van der Waals surface area contributed by atoms with E-state index in [1.54, 1.807) is 0 Å². The number of halogens is 5. The van der Waals surface area contributed by atoms with Crippen LogP contribution in [0.25, 0.3) is 0 Å². The second-order valence-corrected chi connectivity index (χ2v) is 8.03. The summed E-state index contributed by atoms with van der Waals surface area (Å²) >= 11 is 0. The van der Waals surface area contributed by atoms with E-state index >= 15 is 0 Å². The van der Waals surface area contributed by atoms with E-state index in [0.29, 0.717) is 6.07 Å². The molecule has 6 nitrogen and oxygen atoms in total. The van der Waals surface area contributed by atoms with Gasteiger partial charge in [0.2, 0.25) is 10.0 Å². The quantitative estimate of drug-likeness (QED) is 0.278. The first-order valence-electron chi connectivity index (χ1n) is 7.98. The van der Waals surface area contributed by atoms with E-state index in [1.165, 1.54) is 24.0 Å². The van der Waals surface area contributed by atoms with Crippen molar-refractivity contribution in [2.24, 2.45) is 0 Å². The molecule has 0 aliphatic carbocycles. The first-order chi connectivity index (χ1) is 13.4. The summed E-state index contributed by atoms with van der Waals surface area (Å²) in [5.74, 6) is -11.7. The molecule has 0 spiro atoms. The van der Waals surface area contributed by atoms with Gasteiger partial charge in [-0.15, -0.1) is 0 Å². The first-order valence-corrected chi connectivity index (χ1v) is 9.64. The van der Waals surface area contributed by atoms with Gasteiger partial charge >= 0.3 is 0 Å². The molecule has 0 bridgehead atoms. The van der Waals surface area contributed by atoms with Crippen LogP contribution in [-0.4, -0.2) is 19.5 Å². The Balaban J connectivity index is 2.39. The van der Waals surface area contributed by atoms with Gasteiger partial charge < -0.3 is 0 Å². The van der Waals surface area contributed by atoms with Crippen LogP contribution in [0.4, 0.5) is 27.6 Å². The molecule has 0 saturated heterocycles. The van der Waals surface area contributed by atoms with Crippen LogP contribution in [-0.2, 0) is 15.8 Å². The zero-order valence-electron chi connectivity index (χ0n) is 15.0. The van der Waals surface area contributed by atoms with Crippen LogP contribution in [0.2, 0.25) is 0 Å². The molecule has 158 valence electrons. The zero-order chi connectivity index (χ0) is 22.1. The van der Waals surface area contributed by atoms with Crippen LogP contribution in [0, 0.1) is 29.1 Å². The highest BCUT2D eigenvalue weighted by Crippen LogP contribution is 2.33. The van der Waals surface area contributed by atoms with Gasteiger partial charge in [-0.05, 0) is 18.1 Å². The van der Waals surface area contributed by atoms with E-state index in [9.17, 15) is 35.2 Å². The molecule has 0 aliphatic rings. The van der Waals surface area contributed by atoms with Gasteiger partial charge in [0.1, 0.15) is 11.5 Å². The molecule has 29 heavy (non-hydrogen) atoms. The number of hydroxylamine groups is 1. The third-order valence-corrected chi connectivity index (χ3v) is 5.10. The Bertz CT molecular complexity index is 1040. The van der Waals surface area contributed by atoms with Crippen molar-refractivity contribution in [2.45, 2.75) is 25.5 Å². The molecule has 2 aromatic carbocycles. The summed E-state index contributed by atoms with van der Waals surface area (Å²) < 4.78 is 96.1. The Morgan fingerprint density at radius 3 is 2.03 bits per heavy atom. The molecule has 2 rings (SSSR count). The van der Waals surface area contributed by atoms with Gasteiger partial charge in [-0.25, -0.2) is 35.8 Å². The standard InChI is InChI=1S/C17H15F5N2O4S/c1-7(2)11-12(19)14(21)16(15(22)13(11)20)24-29(27,28)6-9-4-3-8(5-10(9)18)17(25)23-26/h3-5,7,24,26H,6H2,1-2H3,(H,23,25). The Morgan fingerprint density at radius 2 is 1.59 bits per heavy atom. The largest absolute Gasteiger partial charge is 0.288 e. The molecule has 0 atom stereocenters. The van der Waals surface area contributed by atoms with Crippen molar-refractivity contribution < 1.29 is 40.4 Å². The van der Waals surface area contributed by atoms with Crippen LogP contribution in [0.1, 0.15) is 41.3 Å². The highest BCUT2D eigenvalue weighted by atomic mass is 32.2. The summed E-state index contributed by atoms with van der Waals surface area (Å²) in [4.78, 5) is 11.2. The van der Waals surface area contributed by atoms with E-state index < -0.39 is 73.5 Å². The number of benzene rings is 2. The minimum Gasteiger partial charge on any atom is -0.288 e. The summed E-state index contributed by atoms with van der Waals surface area (Å²) in [6, 6.07) is 2.49. The predicted molar refractivity (Wildman–Crippen MR) is 92.3 cm³/mol. The van der Waals surface area contributed by atoms with Crippen molar-refractivity contribution in [3.8, 4) is 0 Å². The van der Waals surface area contributed by atoms with Crippen LogP contribution < -0.4 is 10.2 Å². The summed E-state index contributed by atoms with van der Waals surface area (Å²) in [5, 5.41) is 8.49. The lowest BCUT2D eigenvalue weighted by molar-refractivity contribution is 0.0706. The number of amides is 1. The third-order valence-electron chi connectivity index (χ3n) is 3.89. The Kier molecular flexibility index (Phi) is 6.48. The lowest BCUT2D eigenvalue weighted by Crippen LogP contribution is -2.21. The first kappa shape index (κ1) is 22.6. The SMILES string of the molecule is CC(C)c1c(F)c(F)c(NS(=O)(=O)Cc2ccc(C(=O)NO)cc2F)c(F)c1F. The van der Waals surface area contributed by atoms with Gasteiger partial charge in [-0.3, -0.25) is 14.7 Å². The molecule has 2 aromatic rings. The molecule has 0 unspecified atom stereocenters. The van der Waals surface area contributed by atoms with E-state index in [-0.39, 0.29) is 5.56 Å². The van der Waals surface area contributed by atoms with Gasteiger partial charge in [0, 0.05) is 16.7 Å². The predicted octanol–water partition coefficient (Wildman–Crippen LogP) is 3.57. The lowest BCUT2D eigenvalue weighted by Gasteiger charge is -2.15. The summed E-state index contributed by atoms with van der Waals surface area (Å²) in [6.07, 6.45) is 0. The van der Waals surface area contributed by atoms with Crippen molar-refractivity contribution in [2.75, 3.05) is 4.72 Å². The molecule has 0 aromatic heterocycles. The van der Waals surface area contributed by atoms with Crippen LogP contribution in [0.5, 0.6) is 0 Å². The van der Waals surface area contributed by atoms with Crippen molar-refractivity contribution in [3.05, 3.63) is 64.0 Å². The van der Waals surface area contributed by atoms with Crippen molar-refractivity contribution in [1.29, 1.82) is 0 Å². The fraction of sp³-hybridized carbons (Fsp3) is 0.235. The van der Waals surface area contributed by atoms with Crippen molar-refractivity contribution >= 4 is 21.6 Å². The highest BCUT2D eigenvalue weighted by Gasteiger charge is 2.29. The van der Waals surface area contributed by atoms with E-state index in [1.807, 2.05) is 0 Å². The topological polar surface area (TPSA) is 95.5 Å². The van der Waals surface area contributed by atoms with E-state index in [0.717, 1.165) is 12.1 Å². The molecular formula is C17H15F5N2O4S. The van der Waals surface area contributed by atoms with E-state index in [4.69, 9.17) is 5.21 Å². The van der Waals surface area contributed by atoms with Crippen LogP contribution >= 0.6 is 0 Å². The van der Waals surface area contributed by atoms with Gasteiger partial charge in [0.25, 0.3) is 5.91 Å². The third kappa shape index (κ3) is 4.65.